The third-order valence-corrected chi connectivity index (χ3v) is 3.11. The molecule has 0 aliphatic rings. The second kappa shape index (κ2) is 5.33. The van der Waals surface area contributed by atoms with Gasteiger partial charge in [0.25, 0.3) is 5.91 Å². The van der Waals surface area contributed by atoms with E-state index in [1.165, 1.54) is 6.07 Å². The minimum Gasteiger partial charge on any atom is -0.478 e. The molecule has 0 radical (unpaired) electrons. The van der Waals surface area contributed by atoms with Crippen molar-refractivity contribution in [1.82, 2.24) is 0 Å². The number of carbonyl (C=O) groups is 2. The molecule has 3 rings (SSSR count). The summed E-state index contributed by atoms with van der Waals surface area (Å²) in [6.45, 7) is 0. The highest BCUT2D eigenvalue weighted by atomic mass is 19.1. The topological polar surface area (TPSA) is 79.5 Å². The molecule has 0 atom stereocenters. The van der Waals surface area contributed by atoms with Crippen LogP contribution in [-0.2, 0) is 0 Å². The zero-order chi connectivity index (χ0) is 15.7. The second-order valence-corrected chi connectivity index (χ2v) is 4.60. The molecule has 110 valence electrons. The molecule has 6 heteroatoms. The van der Waals surface area contributed by atoms with E-state index in [9.17, 15) is 14.0 Å². The summed E-state index contributed by atoms with van der Waals surface area (Å²) in [5, 5.41) is 12.2. The first-order valence-corrected chi connectivity index (χ1v) is 6.37. The third-order valence-electron chi connectivity index (χ3n) is 3.11. The first kappa shape index (κ1) is 13.8. The monoisotopic (exact) mass is 299 g/mol. The number of anilines is 1. The number of fused-ring (bicyclic) bond motifs is 1. The van der Waals surface area contributed by atoms with Crippen molar-refractivity contribution in [2.45, 2.75) is 0 Å². The van der Waals surface area contributed by atoms with Gasteiger partial charge in [0.2, 0.25) is 0 Å². The Morgan fingerprint density at radius 1 is 1.09 bits per heavy atom. The van der Waals surface area contributed by atoms with Gasteiger partial charge in [-0.2, -0.15) is 0 Å². The van der Waals surface area contributed by atoms with Crippen molar-refractivity contribution < 1.29 is 23.5 Å². The summed E-state index contributed by atoms with van der Waals surface area (Å²) < 4.78 is 18.6. The van der Waals surface area contributed by atoms with Gasteiger partial charge in [0, 0.05) is 5.39 Å². The van der Waals surface area contributed by atoms with E-state index in [1.54, 1.807) is 24.3 Å². The summed E-state index contributed by atoms with van der Waals surface area (Å²) in [6.07, 6.45) is 0. The van der Waals surface area contributed by atoms with Gasteiger partial charge < -0.3 is 14.8 Å². The van der Waals surface area contributed by atoms with Crippen molar-refractivity contribution >= 4 is 28.5 Å². The highest BCUT2D eigenvalue weighted by Crippen LogP contribution is 2.22. The van der Waals surface area contributed by atoms with Crippen molar-refractivity contribution in [2.24, 2.45) is 0 Å². The molecule has 0 bridgehead atoms. The fourth-order valence-electron chi connectivity index (χ4n) is 2.08. The number of amides is 1. The van der Waals surface area contributed by atoms with E-state index in [2.05, 4.69) is 5.32 Å². The van der Waals surface area contributed by atoms with Gasteiger partial charge in [-0.05, 0) is 30.3 Å². The molecule has 2 N–H and O–H groups in total. The van der Waals surface area contributed by atoms with Crippen LogP contribution in [0, 0.1) is 5.82 Å². The molecule has 3 aromatic rings. The van der Waals surface area contributed by atoms with Gasteiger partial charge in [-0.15, -0.1) is 0 Å². The quantitative estimate of drug-likeness (QED) is 0.775. The predicted octanol–water partition coefficient (Wildman–Crippen LogP) is 3.52. The molecule has 0 saturated carbocycles. The number of carboxylic acid groups (broad SMARTS) is 1. The molecule has 1 heterocycles. The van der Waals surface area contributed by atoms with Crippen LogP contribution < -0.4 is 5.32 Å². The average molecular weight is 299 g/mol. The van der Waals surface area contributed by atoms with E-state index < -0.39 is 17.7 Å². The Bertz CT molecular complexity index is 852. The number of hydrogen-bond donors (Lipinski definition) is 2. The Hall–Kier alpha value is -3.15. The molecule has 0 saturated heterocycles. The fraction of sp³-hybridized carbons (Fsp3) is 0. The SMILES string of the molecule is O=C(Nc1cc(F)ccc1C(=O)O)c1cc2ccccc2o1. The zero-order valence-corrected chi connectivity index (χ0v) is 11.2. The van der Waals surface area contributed by atoms with Crippen LogP contribution in [0.1, 0.15) is 20.9 Å². The minimum atomic E-state index is -1.26. The number of nitrogens with one attached hydrogen (secondary N) is 1. The molecule has 0 spiro atoms. The zero-order valence-electron chi connectivity index (χ0n) is 11.2. The van der Waals surface area contributed by atoms with Gasteiger partial charge in [0.05, 0.1) is 11.3 Å². The van der Waals surface area contributed by atoms with Gasteiger partial charge in [-0.25, -0.2) is 9.18 Å². The first-order valence-electron chi connectivity index (χ1n) is 6.37. The van der Waals surface area contributed by atoms with Crippen LogP contribution in [0.2, 0.25) is 0 Å². The summed E-state index contributed by atoms with van der Waals surface area (Å²) in [6, 6.07) is 11.6. The molecule has 0 unspecified atom stereocenters. The summed E-state index contributed by atoms with van der Waals surface area (Å²) in [4.78, 5) is 23.2. The van der Waals surface area contributed by atoms with E-state index in [4.69, 9.17) is 9.52 Å². The lowest BCUT2D eigenvalue weighted by Gasteiger charge is -2.07. The summed E-state index contributed by atoms with van der Waals surface area (Å²) in [5.74, 6) is -2.55. The normalized spacial score (nSPS) is 10.6. The molecule has 22 heavy (non-hydrogen) atoms. The van der Waals surface area contributed by atoms with Crippen LogP contribution in [0.15, 0.2) is 52.9 Å². The van der Waals surface area contributed by atoms with Crippen molar-refractivity contribution in [3.05, 3.63) is 65.7 Å². The maximum Gasteiger partial charge on any atom is 0.337 e. The van der Waals surface area contributed by atoms with E-state index in [1.807, 2.05) is 0 Å². The minimum absolute atomic E-state index is 0.0156. The van der Waals surface area contributed by atoms with Crippen LogP contribution in [0.4, 0.5) is 10.1 Å². The Labute approximate surface area is 124 Å². The Morgan fingerprint density at radius 2 is 1.86 bits per heavy atom. The van der Waals surface area contributed by atoms with Crippen LogP contribution >= 0.6 is 0 Å². The molecule has 0 fully saturated rings. The van der Waals surface area contributed by atoms with Crippen molar-refractivity contribution in [1.29, 1.82) is 0 Å². The number of benzene rings is 2. The molecule has 0 aliphatic heterocycles. The lowest BCUT2D eigenvalue weighted by atomic mass is 10.1. The standard InChI is InChI=1S/C16H10FNO4/c17-10-5-6-11(16(20)21)12(8-10)18-15(19)14-7-9-3-1-2-4-13(9)22-14/h1-8H,(H,18,19)(H,20,21). The summed E-state index contributed by atoms with van der Waals surface area (Å²) in [5.41, 5.74) is 0.203. The van der Waals surface area contributed by atoms with Crippen molar-refractivity contribution in [3.8, 4) is 0 Å². The maximum atomic E-state index is 13.3. The number of para-hydroxylation sites is 1. The number of hydrogen-bond acceptors (Lipinski definition) is 3. The van der Waals surface area contributed by atoms with E-state index in [0.717, 1.165) is 23.6 Å². The molecule has 0 aliphatic carbocycles. The molecule has 1 aromatic heterocycles. The van der Waals surface area contributed by atoms with E-state index in [-0.39, 0.29) is 17.0 Å². The second-order valence-electron chi connectivity index (χ2n) is 4.60. The van der Waals surface area contributed by atoms with Gasteiger partial charge >= 0.3 is 5.97 Å². The molecular formula is C16H10FNO4. The molecular weight excluding hydrogens is 289 g/mol. The Balaban J connectivity index is 1.94. The highest BCUT2D eigenvalue weighted by molar-refractivity contribution is 6.07. The summed E-state index contributed by atoms with van der Waals surface area (Å²) in [7, 11) is 0. The number of carbonyl (C=O) groups excluding carboxylic acids is 1. The Morgan fingerprint density at radius 3 is 2.59 bits per heavy atom. The van der Waals surface area contributed by atoms with Crippen molar-refractivity contribution in [2.75, 3.05) is 5.32 Å². The lowest BCUT2D eigenvalue weighted by molar-refractivity contribution is 0.0698. The number of rotatable bonds is 3. The average Bonchev–Trinajstić information content (AvgIpc) is 2.91. The van der Waals surface area contributed by atoms with E-state index in [0.29, 0.717) is 5.58 Å². The Kier molecular flexibility index (Phi) is 3.34. The van der Waals surface area contributed by atoms with Gasteiger partial charge in [-0.3, -0.25) is 4.79 Å². The third kappa shape index (κ3) is 2.54. The lowest BCUT2D eigenvalue weighted by Crippen LogP contribution is -2.14. The van der Waals surface area contributed by atoms with Gasteiger partial charge in [0.15, 0.2) is 5.76 Å². The molecule has 2 aromatic carbocycles. The predicted molar refractivity (Wildman–Crippen MR) is 77.5 cm³/mol. The fourth-order valence-corrected chi connectivity index (χ4v) is 2.08. The van der Waals surface area contributed by atoms with Crippen LogP contribution in [0.25, 0.3) is 11.0 Å². The van der Waals surface area contributed by atoms with Gasteiger partial charge in [0.1, 0.15) is 11.4 Å². The van der Waals surface area contributed by atoms with Gasteiger partial charge in [-0.1, -0.05) is 18.2 Å². The highest BCUT2D eigenvalue weighted by Gasteiger charge is 2.17. The smallest absolute Gasteiger partial charge is 0.337 e. The molecule has 1 amide bonds. The van der Waals surface area contributed by atoms with E-state index >= 15 is 0 Å². The number of carboxylic acids is 1. The number of halogens is 1. The largest absolute Gasteiger partial charge is 0.478 e. The van der Waals surface area contributed by atoms with Crippen LogP contribution in [0.3, 0.4) is 0 Å². The maximum absolute atomic E-state index is 13.3. The molecule has 5 nitrogen and oxygen atoms in total. The van der Waals surface area contributed by atoms with Crippen LogP contribution in [0.5, 0.6) is 0 Å². The van der Waals surface area contributed by atoms with Crippen LogP contribution in [-0.4, -0.2) is 17.0 Å². The number of aromatic carboxylic acids is 1. The number of furan rings is 1. The van der Waals surface area contributed by atoms with Crippen molar-refractivity contribution in [3.63, 3.8) is 0 Å². The summed E-state index contributed by atoms with van der Waals surface area (Å²) >= 11 is 0. The first-order chi connectivity index (χ1) is 10.5.